The molecule has 4 nitrogen and oxygen atoms in total. The standard InChI is InChI=1S/C35H30N2O.C10H8O/c1-23(35-37-33(25-12-4-2-5-13-25)34(38-35)26-14-6-3-7-15-26)36-32-18-10-17-28-30-20-19-24-11-8-9-16-27(24)29(30)21-22-31(28)32;11-10-7-3-5-8-4-1-2-6-9(8)10/h2-9,11-16,19-23,32,36H,10,17-18H2,1H3;1-7,11H. The van der Waals surface area contributed by atoms with Gasteiger partial charge in [0.1, 0.15) is 11.4 Å². The maximum Gasteiger partial charge on any atom is 0.212 e. The van der Waals surface area contributed by atoms with E-state index in [2.05, 4.69) is 85.0 Å². The third-order valence-corrected chi connectivity index (χ3v) is 9.68. The average Bonchev–Trinajstić information content (AvgIpc) is 3.62. The van der Waals surface area contributed by atoms with Crippen LogP contribution in [0.5, 0.6) is 5.75 Å². The van der Waals surface area contributed by atoms with Gasteiger partial charge >= 0.3 is 0 Å². The summed E-state index contributed by atoms with van der Waals surface area (Å²) in [6, 6.07) is 52.0. The Kier molecular flexibility index (Phi) is 8.39. The number of phenolic OH excluding ortho intramolecular Hbond substituents is 1. The van der Waals surface area contributed by atoms with Crippen LogP contribution in [0.4, 0.5) is 0 Å². The predicted molar refractivity (Wildman–Crippen MR) is 202 cm³/mol. The van der Waals surface area contributed by atoms with Gasteiger partial charge in [0.25, 0.3) is 0 Å². The first-order valence-corrected chi connectivity index (χ1v) is 17.1. The van der Waals surface area contributed by atoms with Gasteiger partial charge in [-0.1, -0.05) is 146 Å². The van der Waals surface area contributed by atoms with Gasteiger partial charge in [-0.3, -0.25) is 5.32 Å². The van der Waals surface area contributed by atoms with Crippen molar-refractivity contribution in [2.75, 3.05) is 0 Å². The molecule has 2 atom stereocenters. The second kappa shape index (κ2) is 13.4. The maximum absolute atomic E-state index is 9.37. The molecule has 0 spiro atoms. The fourth-order valence-corrected chi connectivity index (χ4v) is 7.26. The van der Waals surface area contributed by atoms with Crippen molar-refractivity contribution in [3.63, 3.8) is 0 Å². The van der Waals surface area contributed by atoms with Crippen molar-refractivity contribution in [2.24, 2.45) is 0 Å². The van der Waals surface area contributed by atoms with Gasteiger partial charge in [-0.15, -0.1) is 0 Å². The van der Waals surface area contributed by atoms with Gasteiger partial charge in [0, 0.05) is 22.6 Å². The molecule has 9 rings (SSSR count). The molecule has 1 heterocycles. The lowest BCUT2D eigenvalue weighted by Crippen LogP contribution is -2.28. The molecule has 0 aliphatic heterocycles. The van der Waals surface area contributed by atoms with Crippen LogP contribution in [0.2, 0.25) is 0 Å². The molecule has 8 aromatic rings. The molecule has 0 fully saturated rings. The summed E-state index contributed by atoms with van der Waals surface area (Å²) in [5.41, 5.74) is 5.88. The van der Waals surface area contributed by atoms with Crippen LogP contribution in [0, 0.1) is 0 Å². The molecule has 1 aliphatic carbocycles. The van der Waals surface area contributed by atoms with E-state index in [4.69, 9.17) is 9.40 Å². The fraction of sp³-hybridized carbons (Fsp3) is 0.133. The van der Waals surface area contributed by atoms with Crippen LogP contribution in [0.15, 0.2) is 156 Å². The van der Waals surface area contributed by atoms with Gasteiger partial charge in [-0.05, 0) is 70.3 Å². The molecule has 0 saturated heterocycles. The molecule has 240 valence electrons. The Morgan fingerprint density at radius 1 is 0.633 bits per heavy atom. The highest BCUT2D eigenvalue weighted by molar-refractivity contribution is 6.08. The number of benzene rings is 7. The molecule has 2 N–H and O–H groups in total. The van der Waals surface area contributed by atoms with Gasteiger partial charge in [0.05, 0.1) is 6.04 Å². The second-order valence-electron chi connectivity index (χ2n) is 12.8. The molecule has 4 heteroatoms. The SMILES string of the molecule is CC(NC1CCCc2c1ccc1c2ccc2ccccc21)c1nc(-c2ccccc2)c(-c2ccccc2)o1.Oc1cccc2ccccc12. The van der Waals surface area contributed by atoms with Gasteiger partial charge in [0.15, 0.2) is 5.76 Å². The van der Waals surface area contributed by atoms with E-state index in [0.29, 0.717) is 5.75 Å². The highest BCUT2D eigenvalue weighted by Gasteiger charge is 2.27. The summed E-state index contributed by atoms with van der Waals surface area (Å²) in [6.45, 7) is 2.16. The van der Waals surface area contributed by atoms with E-state index in [0.717, 1.165) is 52.1 Å². The van der Waals surface area contributed by atoms with Gasteiger partial charge in [-0.2, -0.15) is 0 Å². The van der Waals surface area contributed by atoms with E-state index in [1.165, 1.54) is 39.1 Å². The minimum absolute atomic E-state index is 0.0295. The molecular weight excluding hydrogens is 601 g/mol. The number of aryl methyl sites for hydroxylation is 1. The highest BCUT2D eigenvalue weighted by atomic mass is 16.4. The molecule has 1 aliphatic rings. The number of oxazole rings is 1. The Morgan fingerprint density at radius 2 is 1.27 bits per heavy atom. The van der Waals surface area contributed by atoms with Gasteiger partial charge in [-0.25, -0.2) is 4.98 Å². The zero-order valence-electron chi connectivity index (χ0n) is 27.5. The van der Waals surface area contributed by atoms with E-state index in [9.17, 15) is 5.11 Å². The van der Waals surface area contributed by atoms with E-state index >= 15 is 0 Å². The predicted octanol–water partition coefficient (Wildman–Crippen LogP) is 11.6. The number of nitrogens with zero attached hydrogens (tertiary/aromatic N) is 1. The van der Waals surface area contributed by atoms with Crippen molar-refractivity contribution in [3.8, 4) is 28.3 Å². The van der Waals surface area contributed by atoms with Crippen LogP contribution in [0.25, 0.3) is 54.9 Å². The maximum atomic E-state index is 9.37. The molecule has 0 radical (unpaired) electrons. The summed E-state index contributed by atoms with van der Waals surface area (Å²) < 4.78 is 6.49. The number of nitrogens with one attached hydrogen (secondary N) is 1. The lowest BCUT2D eigenvalue weighted by molar-refractivity contribution is 0.361. The zero-order valence-corrected chi connectivity index (χ0v) is 27.5. The number of aromatic nitrogens is 1. The summed E-state index contributed by atoms with van der Waals surface area (Å²) in [7, 11) is 0. The smallest absolute Gasteiger partial charge is 0.212 e. The molecule has 49 heavy (non-hydrogen) atoms. The molecule has 1 aromatic heterocycles. The molecule has 0 bridgehead atoms. The Hall–Kier alpha value is -5.71. The van der Waals surface area contributed by atoms with Gasteiger partial charge in [0.2, 0.25) is 5.89 Å². The fourth-order valence-electron chi connectivity index (χ4n) is 7.26. The Labute approximate surface area is 286 Å². The van der Waals surface area contributed by atoms with Crippen molar-refractivity contribution in [1.29, 1.82) is 0 Å². The van der Waals surface area contributed by atoms with E-state index < -0.39 is 0 Å². The van der Waals surface area contributed by atoms with Crippen molar-refractivity contribution in [3.05, 3.63) is 169 Å². The minimum atomic E-state index is -0.0295. The monoisotopic (exact) mass is 638 g/mol. The number of fused-ring (bicyclic) bond motifs is 6. The first kappa shape index (κ1) is 30.6. The third kappa shape index (κ3) is 6.08. The Morgan fingerprint density at radius 3 is 2.02 bits per heavy atom. The Balaban J connectivity index is 0.000000269. The minimum Gasteiger partial charge on any atom is -0.507 e. The average molecular weight is 639 g/mol. The van der Waals surface area contributed by atoms with E-state index in [1.807, 2.05) is 72.8 Å². The van der Waals surface area contributed by atoms with Crippen LogP contribution in [-0.4, -0.2) is 10.1 Å². The van der Waals surface area contributed by atoms with Crippen LogP contribution >= 0.6 is 0 Å². The van der Waals surface area contributed by atoms with Gasteiger partial charge < -0.3 is 9.52 Å². The summed E-state index contributed by atoms with van der Waals surface area (Å²) in [4.78, 5) is 5.03. The largest absolute Gasteiger partial charge is 0.507 e. The molecular formula is C45H38N2O2. The quantitative estimate of drug-likeness (QED) is 0.184. The lowest BCUT2D eigenvalue weighted by Gasteiger charge is -2.29. The van der Waals surface area contributed by atoms with E-state index in [1.54, 1.807) is 6.07 Å². The van der Waals surface area contributed by atoms with Crippen LogP contribution < -0.4 is 5.32 Å². The topological polar surface area (TPSA) is 58.3 Å². The normalized spacial score (nSPS) is 14.7. The Bertz CT molecular complexity index is 2320. The molecule has 0 amide bonds. The van der Waals surface area contributed by atoms with Crippen molar-refractivity contribution >= 4 is 32.3 Å². The van der Waals surface area contributed by atoms with Crippen LogP contribution in [-0.2, 0) is 6.42 Å². The summed E-state index contributed by atoms with van der Waals surface area (Å²) in [5.74, 6) is 1.90. The number of phenols is 1. The van der Waals surface area contributed by atoms with E-state index in [-0.39, 0.29) is 12.1 Å². The summed E-state index contributed by atoms with van der Waals surface area (Å²) >= 11 is 0. The van der Waals surface area contributed by atoms with Crippen molar-refractivity contribution in [2.45, 2.75) is 38.3 Å². The number of rotatable bonds is 5. The summed E-state index contributed by atoms with van der Waals surface area (Å²) in [6.07, 6.45) is 3.39. The number of aromatic hydroxyl groups is 1. The first-order chi connectivity index (χ1) is 24.1. The lowest BCUT2D eigenvalue weighted by atomic mass is 9.83. The van der Waals surface area contributed by atoms with Crippen LogP contribution in [0.1, 0.15) is 48.9 Å². The molecule has 7 aromatic carbocycles. The zero-order chi connectivity index (χ0) is 33.2. The third-order valence-electron chi connectivity index (χ3n) is 9.68. The first-order valence-electron chi connectivity index (χ1n) is 17.1. The van der Waals surface area contributed by atoms with Crippen molar-refractivity contribution in [1.82, 2.24) is 10.3 Å². The van der Waals surface area contributed by atoms with Crippen molar-refractivity contribution < 1.29 is 9.52 Å². The van der Waals surface area contributed by atoms with Crippen LogP contribution in [0.3, 0.4) is 0 Å². The second-order valence-corrected chi connectivity index (χ2v) is 12.8. The number of hydrogen-bond donors (Lipinski definition) is 2. The summed E-state index contributed by atoms with van der Waals surface area (Å²) in [5, 5.41) is 20.6. The molecule has 2 unspecified atom stereocenters. The highest BCUT2D eigenvalue weighted by Crippen LogP contribution is 2.39. The molecule has 0 saturated carbocycles. The number of hydrogen-bond acceptors (Lipinski definition) is 4.